The molecule has 16 heteroatoms. The number of carbonyl (C=O) groups excluding carboxylic acids is 3. The van der Waals surface area contributed by atoms with Crippen LogP contribution in [0, 0.1) is 0 Å². The topological polar surface area (TPSA) is 97.4 Å². The van der Waals surface area contributed by atoms with Crippen molar-refractivity contribution >= 4 is 111 Å². The molecule has 0 N–H and O–H groups in total. The lowest BCUT2D eigenvalue weighted by molar-refractivity contribution is -0.168. The van der Waals surface area contributed by atoms with Crippen molar-refractivity contribution in [1.29, 1.82) is 0 Å². The van der Waals surface area contributed by atoms with E-state index < -0.39 is 54.8 Å². The smallest absolute Gasteiger partial charge is 0.344 e. The zero-order chi connectivity index (χ0) is 28.6. The quantitative estimate of drug-likeness (QED) is 0.0994. The second-order valence-electron chi connectivity index (χ2n) is 7.25. The fourth-order valence-electron chi connectivity index (χ4n) is 2.36. The minimum atomic E-state index is -1.87. The molecule has 0 aliphatic carbocycles. The minimum absolute atomic E-state index is 0.0607. The van der Waals surface area contributed by atoms with E-state index in [1.54, 1.807) is 0 Å². The highest BCUT2D eigenvalue weighted by atomic mass is 35.5. The number of hydrogen-bond donors (Lipinski definition) is 0. The van der Waals surface area contributed by atoms with Gasteiger partial charge in [-0.25, -0.2) is 14.4 Å². The van der Waals surface area contributed by atoms with Gasteiger partial charge in [0.15, 0.2) is 19.3 Å². The maximum absolute atomic E-state index is 12.3. The highest BCUT2D eigenvalue weighted by molar-refractivity contribution is 6.57. The van der Waals surface area contributed by atoms with Crippen LogP contribution < -0.4 is 9.47 Å². The molecule has 1 atom stereocenters. The number of ether oxygens (including phenoxy) is 5. The molecule has 0 bridgehead atoms. The summed E-state index contributed by atoms with van der Waals surface area (Å²) in [6.45, 7) is -1.12. The lowest BCUT2D eigenvalue weighted by Crippen LogP contribution is -2.35. The predicted molar refractivity (Wildman–Crippen MR) is 146 cm³/mol. The number of carbonyl (C=O) groups is 3. The molecule has 0 saturated heterocycles. The summed E-state index contributed by atoms with van der Waals surface area (Å²) in [4.78, 5) is 36.4. The molecule has 0 aliphatic rings. The molecular formula is C22H16Cl8O8. The SMILES string of the molecule is CC(Cl)(Cl)C(=O)OCC(COC(=O)COc1cc(Cl)c(Cl)cc1Cl)OC(=O)COc1cc(Cl)c(Cl)cc1Cl. The monoisotopic (exact) mass is 688 g/mol. The van der Waals surface area contributed by atoms with Gasteiger partial charge in [0.25, 0.3) is 0 Å². The maximum atomic E-state index is 12.3. The average Bonchev–Trinajstić information content (AvgIpc) is 2.82. The van der Waals surface area contributed by atoms with Gasteiger partial charge in [-0.2, -0.15) is 0 Å². The highest BCUT2D eigenvalue weighted by Crippen LogP contribution is 2.35. The summed E-state index contributed by atoms with van der Waals surface area (Å²) in [7, 11) is 0. The summed E-state index contributed by atoms with van der Waals surface area (Å²) >= 11 is 46.9. The van der Waals surface area contributed by atoms with Crippen molar-refractivity contribution in [3.8, 4) is 11.5 Å². The minimum Gasteiger partial charge on any atom is -0.480 e. The molecule has 0 spiro atoms. The maximum Gasteiger partial charge on any atom is 0.344 e. The molecular weight excluding hydrogens is 676 g/mol. The molecule has 0 heterocycles. The van der Waals surface area contributed by atoms with Crippen molar-refractivity contribution in [2.45, 2.75) is 17.4 Å². The Kier molecular flexibility index (Phi) is 13.0. The highest BCUT2D eigenvalue weighted by Gasteiger charge is 2.31. The van der Waals surface area contributed by atoms with Crippen molar-refractivity contribution in [2.75, 3.05) is 26.4 Å². The Morgan fingerprint density at radius 2 is 1.11 bits per heavy atom. The van der Waals surface area contributed by atoms with E-state index in [2.05, 4.69) is 0 Å². The summed E-state index contributed by atoms with van der Waals surface area (Å²) in [5.41, 5.74) is 0. The van der Waals surface area contributed by atoms with Crippen molar-refractivity contribution in [1.82, 2.24) is 0 Å². The van der Waals surface area contributed by atoms with E-state index in [-0.39, 0.29) is 41.6 Å². The van der Waals surface area contributed by atoms with Crippen LogP contribution >= 0.6 is 92.8 Å². The number of rotatable bonds is 12. The number of hydrogen-bond acceptors (Lipinski definition) is 8. The summed E-state index contributed by atoms with van der Waals surface area (Å²) in [6, 6.07) is 5.29. The molecule has 0 aliphatic heterocycles. The van der Waals surface area contributed by atoms with Gasteiger partial charge in [-0.15, -0.1) is 0 Å². The largest absolute Gasteiger partial charge is 0.480 e. The molecule has 0 aromatic heterocycles. The molecule has 0 saturated carbocycles. The Labute approximate surface area is 257 Å². The molecule has 2 aromatic carbocycles. The fraction of sp³-hybridized carbons (Fsp3) is 0.318. The number of halogens is 8. The van der Waals surface area contributed by atoms with Crippen molar-refractivity contribution in [2.24, 2.45) is 0 Å². The first kappa shape index (κ1) is 33.0. The summed E-state index contributed by atoms with van der Waals surface area (Å²) in [6.07, 6.45) is -1.27. The van der Waals surface area contributed by atoms with Gasteiger partial charge in [-0.3, -0.25) is 0 Å². The van der Waals surface area contributed by atoms with Gasteiger partial charge in [-0.1, -0.05) is 92.8 Å². The molecule has 2 rings (SSSR count). The van der Waals surface area contributed by atoms with Gasteiger partial charge >= 0.3 is 17.9 Å². The van der Waals surface area contributed by atoms with Crippen LogP contribution in [0.15, 0.2) is 24.3 Å². The van der Waals surface area contributed by atoms with Crippen LogP contribution in [0.3, 0.4) is 0 Å². The van der Waals surface area contributed by atoms with Crippen molar-refractivity contribution in [3.63, 3.8) is 0 Å². The van der Waals surface area contributed by atoms with Crippen LogP contribution in [-0.4, -0.2) is 54.8 Å². The van der Waals surface area contributed by atoms with E-state index in [1.165, 1.54) is 31.2 Å². The number of alkyl halides is 2. The van der Waals surface area contributed by atoms with Gasteiger partial charge < -0.3 is 23.7 Å². The van der Waals surface area contributed by atoms with Gasteiger partial charge in [0, 0.05) is 12.1 Å². The molecule has 0 fully saturated rings. The van der Waals surface area contributed by atoms with Crippen LogP contribution in [0.5, 0.6) is 11.5 Å². The van der Waals surface area contributed by atoms with E-state index in [1.807, 2.05) is 0 Å². The molecule has 2 aromatic rings. The third kappa shape index (κ3) is 10.7. The van der Waals surface area contributed by atoms with E-state index in [4.69, 9.17) is 116 Å². The third-order valence-electron chi connectivity index (χ3n) is 4.13. The summed E-state index contributed by atoms with van der Waals surface area (Å²) in [5.74, 6) is -2.69. The molecule has 0 radical (unpaired) electrons. The first-order valence-electron chi connectivity index (χ1n) is 10.1. The molecule has 1 unspecified atom stereocenters. The van der Waals surface area contributed by atoms with Gasteiger partial charge in [0.2, 0.25) is 4.33 Å². The number of esters is 3. The predicted octanol–water partition coefficient (Wildman–Crippen LogP) is 7.26. The van der Waals surface area contributed by atoms with Gasteiger partial charge in [0.1, 0.15) is 24.7 Å². The second-order valence-corrected chi connectivity index (χ2v) is 11.4. The zero-order valence-electron chi connectivity index (χ0n) is 19.0. The Morgan fingerprint density at radius 3 is 1.58 bits per heavy atom. The van der Waals surface area contributed by atoms with E-state index in [9.17, 15) is 14.4 Å². The van der Waals surface area contributed by atoms with Crippen LogP contribution in [0.4, 0.5) is 0 Å². The Hall–Kier alpha value is -1.23. The summed E-state index contributed by atoms with van der Waals surface area (Å²) in [5, 5.41) is 0.886. The molecule has 0 amide bonds. The molecule has 38 heavy (non-hydrogen) atoms. The van der Waals surface area contributed by atoms with Crippen LogP contribution in [0.1, 0.15) is 6.92 Å². The molecule has 8 nitrogen and oxygen atoms in total. The van der Waals surface area contributed by atoms with Crippen molar-refractivity contribution < 1.29 is 38.1 Å². The van der Waals surface area contributed by atoms with Crippen molar-refractivity contribution in [3.05, 3.63) is 54.4 Å². The Balaban J connectivity index is 1.97. The van der Waals surface area contributed by atoms with E-state index in [0.717, 1.165) is 0 Å². The Bertz CT molecular complexity index is 1180. The van der Waals surface area contributed by atoms with E-state index in [0.29, 0.717) is 0 Å². The first-order chi connectivity index (χ1) is 17.7. The van der Waals surface area contributed by atoms with Gasteiger partial charge in [0.05, 0.1) is 30.1 Å². The molecule has 208 valence electrons. The average molecular weight is 692 g/mol. The Morgan fingerprint density at radius 1 is 0.684 bits per heavy atom. The van der Waals surface area contributed by atoms with E-state index >= 15 is 0 Å². The second kappa shape index (κ2) is 15.0. The fourth-order valence-corrected chi connectivity index (χ4v) is 3.65. The van der Waals surface area contributed by atoms with Crippen LogP contribution in [0.2, 0.25) is 30.1 Å². The van der Waals surface area contributed by atoms with Crippen LogP contribution in [-0.2, 0) is 28.6 Å². The zero-order valence-corrected chi connectivity index (χ0v) is 25.1. The summed E-state index contributed by atoms with van der Waals surface area (Å²) < 4.78 is 23.9. The van der Waals surface area contributed by atoms with Gasteiger partial charge in [-0.05, 0) is 19.1 Å². The normalized spacial score (nSPS) is 11.9. The van der Waals surface area contributed by atoms with Crippen LogP contribution in [0.25, 0.3) is 0 Å². The first-order valence-corrected chi connectivity index (χ1v) is 13.1. The lowest BCUT2D eigenvalue weighted by Gasteiger charge is -2.20. The third-order valence-corrected chi connectivity index (χ3v) is 6.47. The lowest BCUT2D eigenvalue weighted by atomic mass is 10.3. The number of benzene rings is 2. The standard InChI is InChI=1S/C22H16Cl8O8/c1-22(29,30)21(33)37-7-10(38-20(32)9-35-18-5-14(26)12(24)3-16(18)28)6-36-19(31)8-34-17-4-13(25)11(23)2-15(17)27/h2-5,10H,6-9H2,1H3.